The van der Waals surface area contributed by atoms with Crippen LogP contribution >= 0.6 is 0 Å². The minimum atomic E-state index is -2.22. The Hall–Kier alpha value is -3.21. The number of Topliss-reactive ketones (excluding diaryl/α,β-unsaturated/α-hetero) is 2. The number of aliphatic hydroxyl groups is 3. The van der Waals surface area contributed by atoms with E-state index in [4.69, 9.17) is 4.74 Å². The van der Waals surface area contributed by atoms with E-state index in [0.29, 0.717) is 0 Å². The van der Waals surface area contributed by atoms with Crippen molar-refractivity contribution in [1.29, 1.82) is 0 Å². The van der Waals surface area contributed by atoms with Gasteiger partial charge in [-0.3, -0.25) is 14.4 Å². The topological polar surface area (TPSA) is 176 Å². The third-order valence-corrected chi connectivity index (χ3v) is 5.81. The minimum absolute atomic E-state index is 0.132. The van der Waals surface area contributed by atoms with E-state index in [2.05, 4.69) is 5.11 Å². The highest BCUT2D eigenvalue weighted by atomic mass is 16.6. The fraction of sp³-hybridized carbons (Fsp3) is 0.350. The molecule has 10 heteroatoms. The van der Waals surface area contributed by atoms with E-state index >= 15 is 0 Å². The monoisotopic (exact) mass is 413 g/mol. The van der Waals surface area contributed by atoms with Crippen molar-refractivity contribution in [3.05, 3.63) is 57.1 Å². The number of carbonyl (C=O) groups excluding carboxylic acids is 3. The molecule has 0 bridgehead atoms. The van der Waals surface area contributed by atoms with Crippen LogP contribution < -0.4 is 0 Å². The van der Waals surface area contributed by atoms with Gasteiger partial charge < -0.3 is 35.8 Å². The van der Waals surface area contributed by atoms with Crippen LogP contribution in [0, 0.1) is 0 Å². The Morgan fingerprint density at radius 1 is 1.20 bits per heavy atom. The number of rotatable bonds is 2. The lowest BCUT2D eigenvalue weighted by atomic mass is 9.73. The Balaban J connectivity index is 2.01. The number of ketones is 2. The zero-order valence-electron chi connectivity index (χ0n) is 15.9. The molecule has 4 rings (SSSR count). The summed E-state index contributed by atoms with van der Waals surface area (Å²) in [7, 11) is 0. The van der Waals surface area contributed by atoms with E-state index in [-0.39, 0.29) is 33.4 Å². The number of phenols is 1. The van der Waals surface area contributed by atoms with E-state index in [9.17, 15) is 40.3 Å². The summed E-state index contributed by atoms with van der Waals surface area (Å²) in [6.45, 7) is 2.15. The first kappa shape index (κ1) is 20.1. The first-order valence-electron chi connectivity index (χ1n) is 9.03. The van der Waals surface area contributed by atoms with Crippen molar-refractivity contribution in [1.82, 2.24) is 0 Å². The molecule has 0 aromatic heterocycles. The summed E-state index contributed by atoms with van der Waals surface area (Å²) in [5.74, 6) is -2.87. The van der Waals surface area contributed by atoms with Gasteiger partial charge in [-0.05, 0) is 13.0 Å². The summed E-state index contributed by atoms with van der Waals surface area (Å²) >= 11 is 0. The highest BCUT2D eigenvalue weighted by Gasteiger charge is 2.59. The molecule has 1 unspecified atom stereocenters. The molecule has 3 aliphatic rings. The lowest BCUT2D eigenvalue weighted by Crippen LogP contribution is -2.61. The molecule has 4 N–H and O–H groups in total. The first-order valence-corrected chi connectivity index (χ1v) is 9.03. The van der Waals surface area contributed by atoms with Crippen LogP contribution in [0.3, 0.4) is 0 Å². The molecule has 0 saturated heterocycles. The molecule has 3 aliphatic carbocycles. The molecule has 0 fully saturated rings. The van der Waals surface area contributed by atoms with Crippen LogP contribution in [0.1, 0.15) is 34.6 Å². The van der Waals surface area contributed by atoms with Gasteiger partial charge in [-0.15, -0.1) is 0 Å². The number of benzene rings is 1. The molecule has 0 aliphatic heterocycles. The highest BCUT2D eigenvalue weighted by molar-refractivity contribution is 6.31. The lowest BCUT2D eigenvalue weighted by molar-refractivity contribution is -0.185. The van der Waals surface area contributed by atoms with E-state index in [1.165, 1.54) is 18.2 Å². The predicted molar refractivity (Wildman–Crippen MR) is 98.6 cm³/mol. The Morgan fingerprint density at radius 3 is 2.47 bits per heavy atom. The van der Waals surface area contributed by atoms with Crippen LogP contribution in [0.2, 0.25) is 0 Å². The Kier molecular flexibility index (Phi) is 4.28. The summed E-state index contributed by atoms with van der Waals surface area (Å²) in [6, 6.07) is 2.33. The maximum atomic E-state index is 13.2. The molecule has 10 nitrogen and oxygen atoms in total. The molecule has 1 aromatic carbocycles. The van der Waals surface area contributed by atoms with Gasteiger partial charge in [0.1, 0.15) is 23.6 Å². The number of aromatic hydroxyl groups is 1. The largest absolute Gasteiger partial charge is 0.711 e. The maximum Gasteiger partial charge on any atom is 0.303 e. The summed E-state index contributed by atoms with van der Waals surface area (Å²) in [5, 5.41) is 45.3. The third-order valence-electron chi connectivity index (χ3n) is 5.81. The van der Waals surface area contributed by atoms with E-state index in [1.54, 1.807) is 0 Å². The van der Waals surface area contributed by atoms with Gasteiger partial charge in [0.05, 0.1) is 11.6 Å². The average molecular weight is 413 g/mol. The number of fused-ring (bicyclic) bond motifs is 2. The summed E-state index contributed by atoms with van der Waals surface area (Å²) in [4.78, 5) is 38.1. The van der Waals surface area contributed by atoms with E-state index in [1.807, 2.05) is 0 Å². The van der Waals surface area contributed by atoms with Crippen molar-refractivity contribution in [3.63, 3.8) is 0 Å². The van der Waals surface area contributed by atoms with Crippen molar-refractivity contribution >= 4 is 17.5 Å². The molecule has 0 saturated carbocycles. The Morgan fingerprint density at radius 2 is 1.87 bits per heavy atom. The van der Waals surface area contributed by atoms with Gasteiger partial charge in [0.25, 0.3) is 0 Å². The Bertz CT molecular complexity index is 1100. The summed E-state index contributed by atoms with van der Waals surface area (Å²) in [6.07, 6.45) is -5.35. The molecular formula is C20H17N2O8-. The van der Waals surface area contributed by atoms with Gasteiger partial charge in [0, 0.05) is 34.8 Å². The van der Waals surface area contributed by atoms with E-state index < -0.39 is 53.2 Å². The lowest BCUT2D eigenvalue weighted by Gasteiger charge is -2.44. The van der Waals surface area contributed by atoms with Crippen LogP contribution in [-0.4, -0.2) is 67.9 Å². The van der Waals surface area contributed by atoms with Crippen LogP contribution in [0.5, 0.6) is 5.75 Å². The van der Waals surface area contributed by atoms with Crippen molar-refractivity contribution < 1.29 is 39.5 Å². The van der Waals surface area contributed by atoms with Gasteiger partial charge in [-0.25, -0.2) is 0 Å². The van der Waals surface area contributed by atoms with Gasteiger partial charge >= 0.3 is 5.97 Å². The SMILES string of the molecule is CC(=O)O[C@@H]1C2=C(C3=C(C(=O)c4c(O)cccc4C3=O)C2N=[N-])[C@H](O)[C@@H](O)[C@]1(C)O. The number of ether oxygens (including phenoxy) is 1. The second-order valence-electron chi connectivity index (χ2n) is 7.64. The molecule has 30 heavy (non-hydrogen) atoms. The molecule has 0 amide bonds. The third kappa shape index (κ3) is 2.38. The fourth-order valence-electron chi connectivity index (χ4n) is 4.47. The Labute approximate surface area is 169 Å². The summed E-state index contributed by atoms with van der Waals surface area (Å²) in [5.41, 5.74) is 5.98. The number of hydrogen-bond acceptors (Lipinski definition) is 9. The zero-order valence-corrected chi connectivity index (χ0v) is 15.9. The zero-order chi connectivity index (χ0) is 22.1. The average Bonchev–Trinajstić information content (AvgIpc) is 3.03. The quantitative estimate of drug-likeness (QED) is 0.392. The summed E-state index contributed by atoms with van der Waals surface area (Å²) < 4.78 is 5.16. The highest BCUT2D eigenvalue weighted by Crippen LogP contribution is 2.51. The molecule has 5 atom stereocenters. The smallest absolute Gasteiger partial charge is 0.303 e. The molecular weight excluding hydrogens is 396 g/mol. The number of hydrogen-bond donors (Lipinski definition) is 4. The van der Waals surface area contributed by atoms with Crippen molar-refractivity contribution in [3.8, 4) is 5.75 Å². The fourth-order valence-corrected chi connectivity index (χ4v) is 4.47. The normalized spacial score (nSPS) is 32.6. The minimum Gasteiger partial charge on any atom is -0.711 e. The maximum absolute atomic E-state index is 13.2. The molecule has 1 aromatic rings. The number of nitrogens with zero attached hydrogens (tertiary/aromatic N) is 2. The molecule has 0 heterocycles. The molecule has 156 valence electrons. The predicted octanol–water partition coefficient (Wildman–Crippen LogP) is 0.186. The molecule has 0 radical (unpaired) electrons. The van der Waals surface area contributed by atoms with Gasteiger partial charge in [0.2, 0.25) is 0 Å². The second-order valence-corrected chi connectivity index (χ2v) is 7.64. The van der Waals surface area contributed by atoms with Crippen molar-refractivity contribution in [2.24, 2.45) is 5.11 Å². The van der Waals surface area contributed by atoms with Crippen LogP contribution in [0.15, 0.2) is 45.6 Å². The standard InChI is InChI=1S/C20H17N2O8/c1-6(23)30-19-13-11(17(27)18(28)20(19,2)29)10-12(14(13)22-21)16(26)9-7(15(10)25)4-3-5-8(9)24/h3-5,14,17-19,24,27-29H,1-2H3/q-1/t14?,17-,18+,19+,20-/m0/s1. The van der Waals surface area contributed by atoms with Crippen LogP contribution in [0.4, 0.5) is 0 Å². The molecule has 0 spiro atoms. The van der Waals surface area contributed by atoms with Gasteiger partial charge in [-0.2, -0.15) is 0 Å². The van der Waals surface area contributed by atoms with Gasteiger partial charge in [-0.1, -0.05) is 12.1 Å². The van der Waals surface area contributed by atoms with Crippen LogP contribution in [0.25, 0.3) is 5.53 Å². The van der Waals surface area contributed by atoms with E-state index in [0.717, 1.165) is 13.8 Å². The number of phenolic OH excluding ortho intramolecular Hbond substituents is 1. The number of aliphatic hydroxyl groups excluding tert-OH is 2. The first-order chi connectivity index (χ1) is 14.0. The number of carbonyl (C=O) groups is 3. The van der Waals surface area contributed by atoms with Crippen molar-refractivity contribution in [2.45, 2.75) is 43.8 Å². The van der Waals surface area contributed by atoms with Crippen molar-refractivity contribution in [2.75, 3.05) is 0 Å². The second kappa shape index (κ2) is 6.39. The van der Waals surface area contributed by atoms with Crippen LogP contribution in [-0.2, 0) is 9.53 Å². The van der Waals surface area contributed by atoms with Gasteiger partial charge in [0.15, 0.2) is 17.7 Å². The number of esters is 1.